The van der Waals surface area contributed by atoms with Crippen LogP contribution in [0.25, 0.3) is 0 Å². The molecule has 0 aliphatic heterocycles. The van der Waals surface area contributed by atoms with Crippen LogP contribution in [-0.4, -0.2) is 50.9 Å². The number of hydrogen-bond acceptors (Lipinski definition) is 5. The summed E-state index contributed by atoms with van der Waals surface area (Å²) in [7, 11) is -4.23. The van der Waals surface area contributed by atoms with E-state index in [1.54, 1.807) is 56.3 Å². The van der Waals surface area contributed by atoms with E-state index in [9.17, 15) is 18.0 Å². The molecule has 0 unspecified atom stereocenters. The van der Waals surface area contributed by atoms with E-state index in [4.69, 9.17) is 39.5 Å². The van der Waals surface area contributed by atoms with Crippen LogP contribution in [0.4, 0.5) is 5.69 Å². The Morgan fingerprint density at radius 2 is 1.56 bits per heavy atom. The number of nitrogens with one attached hydrogen (secondary N) is 1. The van der Waals surface area contributed by atoms with Gasteiger partial charge in [-0.2, -0.15) is 0 Å². The van der Waals surface area contributed by atoms with Crippen LogP contribution in [0.15, 0.2) is 71.6 Å². The van der Waals surface area contributed by atoms with Crippen LogP contribution in [0.5, 0.6) is 5.75 Å². The summed E-state index contributed by atoms with van der Waals surface area (Å²) in [5, 5.41) is 3.78. The van der Waals surface area contributed by atoms with Crippen molar-refractivity contribution in [3.05, 3.63) is 87.4 Å². The number of sulfonamides is 1. The van der Waals surface area contributed by atoms with E-state index >= 15 is 0 Å². The van der Waals surface area contributed by atoms with Crippen molar-refractivity contribution in [3.63, 3.8) is 0 Å². The largest absolute Gasteiger partial charge is 0.494 e. The van der Waals surface area contributed by atoms with Crippen LogP contribution < -0.4 is 14.4 Å². The smallest absolute Gasteiger partial charge is 0.264 e. The van der Waals surface area contributed by atoms with Gasteiger partial charge in [0.2, 0.25) is 11.8 Å². The second kappa shape index (κ2) is 14.8. The van der Waals surface area contributed by atoms with E-state index in [1.165, 1.54) is 29.2 Å². The summed E-state index contributed by atoms with van der Waals surface area (Å²) in [6.07, 6.45) is 0.298. The quantitative estimate of drug-likeness (QED) is 0.241. The Balaban J connectivity index is 2.07. The van der Waals surface area contributed by atoms with E-state index in [2.05, 4.69) is 5.32 Å². The molecule has 0 saturated carbocycles. The number of likely N-dealkylation sites (N-methyl/N-ethyl adjacent to an activating group) is 1. The standard InChI is InChI=1S/C29H32Cl3N3O5S/c1-4-27(29(37)33-5-2)34(18-20-7-16-25(31)26(32)17-20)28(36)19-35(22-10-12-23(13-11-22)40-6-3)41(38,39)24-14-8-21(30)9-15-24/h7-17,27H,4-6,18-19H2,1-3H3,(H,33,37)/t27-/m1/s1. The second-order valence-electron chi connectivity index (χ2n) is 8.98. The van der Waals surface area contributed by atoms with Gasteiger partial charge in [-0.05, 0) is 86.5 Å². The molecule has 0 fully saturated rings. The van der Waals surface area contributed by atoms with Gasteiger partial charge in [0.1, 0.15) is 18.3 Å². The molecule has 0 aliphatic rings. The van der Waals surface area contributed by atoms with Gasteiger partial charge < -0.3 is 15.0 Å². The lowest BCUT2D eigenvalue weighted by Crippen LogP contribution is -2.52. The van der Waals surface area contributed by atoms with Gasteiger partial charge in [0.25, 0.3) is 10.0 Å². The van der Waals surface area contributed by atoms with E-state index in [1.807, 2.05) is 6.92 Å². The third-order valence-corrected chi connectivity index (χ3v) is 8.97. The first kappa shape index (κ1) is 32.5. The fourth-order valence-electron chi connectivity index (χ4n) is 4.18. The van der Waals surface area contributed by atoms with Crippen LogP contribution in [0.2, 0.25) is 15.1 Å². The van der Waals surface area contributed by atoms with Gasteiger partial charge >= 0.3 is 0 Å². The molecule has 0 aliphatic carbocycles. The summed E-state index contributed by atoms with van der Waals surface area (Å²) in [4.78, 5) is 28.4. The molecule has 0 spiro atoms. The van der Waals surface area contributed by atoms with E-state index in [-0.39, 0.29) is 23.0 Å². The molecule has 0 saturated heterocycles. The first-order chi connectivity index (χ1) is 19.5. The highest BCUT2D eigenvalue weighted by Crippen LogP contribution is 2.28. The Bertz CT molecular complexity index is 1450. The summed E-state index contributed by atoms with van der Waals surface area (Å²) in [6.45, 7) is 5.64. The molecule has 3 rings (SSSR count). The predicted octanol–water partition coefficient (Wildman–Crippen LogP) is 6.18. The van der Waals surface area contributed by atoms with Gasteiger partial charge in [-0.15, -0.1) is 0 Å². The van der Waals surface area contributed by atoms with Crippen LogP contribution in [0, 0.1) is 0 Å². The maximum atomic E-state index is 14.0. The number of anilines is 1. The summed E-state index contributed by atoms with van der Waals surface area (Å²) < 4.78 is 34.3. The Morgan fingerprint density at radius 1 is 0.902 bits per heavy atom. The SMILES string of the molecule is CCNC(=O)[C@@H](CC)N(Cc1ccc(Cl)c(Cl)c1)C(=O)CN(c1ccc(OCC)cc1)S(=O)(=O)c1ccc(Cl)cc1. The van der Waals surface area contributed by atoms with Crippen LogP contribution in [0.3, 0.4) is 0 Å². The molecule has 1 atom stereocenters. The minimum atomic E-state index is -4.23. The lowest BCUT2D eigenvalue weighted by molar-refractivity contribution is -0.140. The van der Waals surface area contributed by atoms with Crippen LogP contribution in [0.1, 0.15) is 32.8 Å². The van der Waals surface area contributed by atoms with Crippen molar-refractivity contribution in [3.8, 4) is 5.75 Å². The molecule has 0 bridgehead atoms. The zero-order chi connectivity index (χ0) is 30.2. The Labute approximate surface area is 256 Å². The average molecular weight is 641 g/mol. The molecule has 3 aromatic carbocycles. The normalized spacial score (nSPS) is 12.0. The maximum Gasteiger partial charge on any atom is 0.264 e. The molecule has 12 heteroatoms. The summed E-state index contributed by atoms with van der Waals surface area (Å²) >= 11 is 18.3. The average Bonchev–Trinajstić information content (AvgIpc) is 2.94. The van der Waals surface area contributed by atoms with Crippen LogP contribution in [-0.2, 0) is 26.2 Å². The molecular formula is C29H32Cl3N3O5S. The lowest BCUT2D eigenvalue weighted by Gasteiger charge is -2.33. The number of amides is 2. The van der Waals surface area contributed by atoms with Gasteiger partial charge in [-0.1, -0.05) is 47.8 Å². The van der Waals surface area contributed by atoms with Gasteiger partial charge in [-0.3, -0.25) is 13.9 Å². The fraction of sp³-hybridized carbons (Fsp3) is 0.310. The van der Waals surface area contributed by atoms with Crippen LogP contribution >= 0.6 is 34.8 Å². The molecule has 0 aromatic heterocycles. The summed E-state index contributed by atoms with van der Waals surface area (Å²) in [5.41, 5.74) is 0.876. The minimum Gasteiger partial charge on any atom is -0.494 e. The highest BCUT2D eigenvalue weighted by atomic mass is 35.5. The number of carbonyl (C=O) groups is 2. The monoisotopic (exact) mass is 639 g/mol. The van der Waals surface area contributed by atoms with Crippen molar-refractivity contribution in [2.24, 2.45) is 0 Å². The maximum absolute atomic E-state index is 14.0. The van der Waals surface area contributed by atoms with E-state index in [0.29, 0.717) is 46.0 Å². The van der Waals surface area contributed by atoms with Crippen molar-refractivity contribution in [2.45, 2.75) is 44.7 Å². The van der Waals surface area contributed by atoms with Crippen molar-refractivity contribution in [1.82, 2.24) is 10.2 Å². The second-order valence-corrected chi connectivity index (χ2v) is 12.1. The van der Waals surface area contributed by atoms with Gasteiger partial charge in [-0.25, -0.2) is 8.42 Å². The molecule has 41 heavy (non-hydrogen) atoms. The highest BCUT2D eigenvalue weighted by molar-refractivity contribution is 7.92. The molecule has 1 N–H and O–H groups in total. The zero-order valence-electron chi connectivity index (χ0n) is 22.9. The number of ether oxygens (including phenoxy) is 1. The third-order valence-electron chi connectivity index (χ3n) is 6.19. The molecule has 2 amide bonds. The Morgan fingerprint density at radius 3 is 2.12 bits per heavy atom. The number of nitrogens with zero attached hydrogens (tertiary/aromatic N) is 2. The van der Waals surface area contributed by atoms with Crippen molar-refractivity contribution < 1.29 is 22.7 Å². The Kier molecular flexibility index (Phi) is 11.7. The predicted molar refractivity (Wildman–Crippen MR) is 163 cm³/mol. The summed E-state index contributed by atoms with van der Waals surface area (Å²) in [6, 6.07) is 16.1. The molecular weight excluding hydrogens is 609 g/mol. The highest BCUT2D eigenvalue weighted by Gasteiger charge is 2.33. The number of benzene rings is 3. The van der Waals surface area contributed by atoms with Crippen molar-refractivity contribution in [1.29, 1.82) is 0 Å². The number of hydrogen-bond donors (Lipinski definition) is 1. The minimum absolute atomic E-state index is 0.00345. The zero-order valence-corrected chi connectivity index (χ0v) is 26.0. The lowest BCUT2D eigenvalue weighted by atomic mass is 10.1. The number of rotatable bonds is 13. The number of halogens is 3. The summed E-state index contributed by atoms with van der Waals surface area (Å²) in [5.74, 6) is -0.382. The van der Waals surface area contributed by atoms with Gasteiger partial charge in [0.05, 0.1) is 27.2 Å². The van der Waals surface area contributed by atoms with Gasteiger partial charge in [0.15, 0.2) is 0 Å². The fourth-order valence-corrected chi connectivity index (χ4v) is 6.04. The van der Waals surface area contributed by atoms with E-state index < -0.39 is 28.5 Å². The molecule has 0 radical (unpaired) electrons. The topological polar surface area (TPSA) is 96.0 Å². The van der Waals surface area contributed by atoms with E-state index in [0.717, 1.165) is 4.31 Å². The molecule has 220 valence electrons. The Hall–Kier alpha value is -2.98. The third kappa shape index (κ3) is 8.29. The molecule has 8 nitrogen and oxygen atoms in total. The first-order valence-corrected chi connectivity index (χ1v) is 15.6. The number of carbonyl (C=O) groups excluding carboxylic acids is 2. The first-order valence-electron chi connectivity index (χ1n) is 13.0. The van der Waals surface area contributed by atoms with Crippen molar-refractivity contribution >= 4 is 62.3 Å². The van der Waals surface area contributed by atoms with Crippen molar-refractivity contribution in [2.75, 3.05) is 24.0 Å². The van der Waals surface area contributed by atoms with Gasteiger partial charge in [0, 0.05) is 18.1 Å². The molecule has 0 heterocycles. The molecule has 3 aromatic rings.